The molecule has 0 atom stereocenters. The van der Waals surface area contributed by atoms with E-state index in [0.717, 1.165) is 16.3 Å². The van der Waals surface area contributed by atoms with E-state index >= 15 is 0 Å². The summed E-state index contributed by atoms with van der Waals surface area (Å²) in [5, 5.41) is 3.43. The van der Waals surface area contributed by atoms with Crippen molar-refractivity contribution in [1.29, 1.82) is 0 Å². The molecule has 3 aromatic rings. The first-order valence-electron chi connectivity index (χ1n) is 9.05. The fraction of sp³-hybridized carbons (Fsp3) is 0.350. The average Bonchev–Trinajstić information content (AvgIpc) is 2.68. The zero-order chi connectivity index (χ0) is 21.3. The topological polar surface area (TPSA) is 98.9 Å². The number of thioether (sulfide) groups is 1. The van der Waals surface area contributed by atoms with E-state index in [1.165, 1.54) is 11.6 Å². The number of fused-ring (bicyclic) bond motifs is 1. The molecular formula is C20H23N5O3S. The summed E-state index contributed by atoms with van der Waals surface area (Å²) in [6, 6.07) is 9.13. The Kier molecular flexibility index (Phi) is 5.61. The van der Waals surface area contributed by atoms with Gasteiger partial charge in [0, 0.05) is 25.2 Å². The molecule has 2 heterocycles. The highest BCUT2D eigenvalue weighted by atomic mass is 32.2. The van der Waals surface area contributed by atoms with Crippen LogP contribution in [0.25, 0.3) is 11.0 Å². The fourth-order valence-corrected chi connectivity index (χ4v) is 3.54. The summed E-state index contributed by atoms with van der Waals surface area (Å²) in [6.07, 6.45) is 0. The number of nitrogens with zero attached hydrogens (tertiary/aromatic N) is 4. The first-order chi connectivity index (χ1) is 13.6. The molecule has 29 heavy (non-hydrogen) atoms. The molecule has 0 saturated heterocycles. The minimum absolute atomic E-state index is 0.0661. The molecule has 0 aliphatic carbocycles. The van der Waals surface area contributed by atoms with Gasteiger partial charge in [-0.05, 0) is 12.1 Å². The number of para-hydroxylation sites is 1. The smallest absolute Gasteiger partial charge is 0.325 e. The van der Waals surface area contributed by atoms with Gasteiger partial charge < -0.3 is 5.32 Å². The van der Waals surface area contributed by atoms with Crippen molar-refractivity contribution in [2.75, 3.05) is 11.1 Å². The van der Waals surface area contributed by atoms with Gasteiger partial charge in [0.05, 0.1) is 5.75 Å². The number of nitrogens with one attached hydrogen (secondary N) is 1. The number of amides is 1. The van der Waals surface area contributed by atoms with Crippen LogP contribution in [0.4, 0.5) is 5.69 Å². The molecule has 0 fully saturated rings. The molecule has 1 amide bonds. The van der Waals surface area contributed by atoms with Crippen LogP contribution in [0.5, 0.6) is 0 Å². The molecule has 0 unspecified atom stereocenters. The number of aryl methyl sites for hydroxylation is 1. The van der Waals surface area contributed by atoms with Crippen LogP contribution in [0, 0.1) is 0 Å². The second-order valence-electron chi connectivity index (χ2n) is 7.71. The molecule has 1 N–H and O–H groups in total. The van der Waals surface area contributed by atoms with Gasteiger partial charge in [0.1, 0.15) is 16.2 Å². The van der Waals surface area contributed by atoms with Crippen molar-refractivity contribution < 1.29 is 4.79 Å². The number of carbonyl (C=O) groups excluding carboxylic acids is 1. The Morgan fingerprint density at radius 3 is 2.34 bits per heavy atom. The van der Waals surface area contributed by atoms with E-state index in [2.05, 4.69) is 15.3 Å². The lowest BCUT2D eigenvalue weighted by atomic mass is 9.96. The first kappa shape index (κ1) is 20.8. The summed E-state index contributed by atoms with van der Waals surface area (Å²) in [5.41, 5.74) is -0.371. The minimum atomic E-state index is -0.477. The van der Waals surface area contributed by atoms with Crippen LogP contribution in [-0.4, -0.2) is 30.8 Å². The van der Waals surface area contributed by atoms with Crippen molar-refractivity contribution in [1.82, 2.24) is 19.1 Å². The van der Waals surface area contributed by atoms with Gasteiger partial charge in [-0.2, -0.15) is 0 Å². The predicted octanol–water partition coefficient (Wildman–Crippen LogP) is 2.06. The van der Waals surface area contributed by atoms with Crippen molar-refractivity contribution in [3.05, 3.63) is 57.0 Å². The molecule has 0 saturated carbocycles. The molecule has 0 aliphatic rings. The van der Waals surface area contributed by atoms with Crippen LogP contribution in [-0.2, 0) is 24.3 Å². The highest BCUT2D eigenvalue weighted by molar-refractivity contribution is 8.00. The Labute approximate surface area is 172 Å². The summed E-state index contributed by atoms with van der Waals surface area (Å²) in [7, 11) is 2.98. The van der Waals surface area contributed by atoms with Crippen LogP contribution in [0.15, 0.2) is 44.9 Å². The van der Waals surface area contributed by atoms with Gasteiger partial charge in [-0.25, -0.2) is 14.8 Å². The van der Waals surface area contributed by atoms with Crippen molar-refractivity contribution >= 4 is 34.4 Å². The van der Waals surface area contributed by atoms with Crippen LogP contribution in [0.1, 0.15) is 26.6 Å². The molecule has 1 aromatic carbocycles. The lowest BCUT2D eigenvalue weighted by Gasteiger charge is -2.19. The molecular weight excluding hydrogens is 390 g/mol. The number of hydrogen-bond acceptors (Lipinski definition) is 6. The maximum Gasteiger partial charge on any atom is 0.332 e. The van der Waals surface area contributed by atoms with E-state index in [1.54, 1.807) is 19.2 Å². The van der Waals surface area contributed by atoms with Gasteiger partial charge in [-0.3, -0.25) is 18.7 Å². The normalized spacial score (nSPS) is 11.6. The number of hydrogen-bond donors (Lipinski definition) is 1. The maximum absolute atomic E-state index is 12.8. The molecule has 0 aliphatic heterocycles. The largest absolute Gasteiger partial charge is 0.332 e. The van der Waals surface area contributed by atoms with Gasteiger partial charge in [-0.15, -0.1) is 0 Å². The summed E-state index contributed by atoms with van der Waals surface area (Å²) in [5.74, 6) is 0.350. The SMILES string of the molecule is Cn1c(=O)c2c(SCC(=O)Nc3ccccc3)nc(C(C)(C)C)nc2n(C)c1=O. The van der Waals surface area contributed by atoms with Crippen molar-refractivity contribution in [3.8, 4) is 0 Å². The van der Waals surface area contributed by atoms with E-state index in [-0.39, 0.29) is 22.7 Å². The standard InChI is InChI=1S/C20H23N5O3S/c1-20(2,3)18-22-15-14(17(27)25(5)19(28)24(15)4)16(23-18)29-11-13(26)21-12-9-7-6-8-10-12/h6-10H,11H2,1-5H3,(H,21,26). The molecule has 0 bridgehead atoms. The van der Waals surface area contributed by atoms with Crippen LogP contribution >= 0.6 is 11.8 Å². The summed E-state index contributed by atoms with van der Waals surface area (Å²) >= 11 is 1.15. The number of rotatable bonds is 4. The zero-order valence-corrected chi connectivity index (χ0v) is 17.8. The Bertz CT molecular complexity index is 1190. The second-order valence-corrected chi connectivity index (χ2v) is 8.67. The molecule has 9 heteroatoms. The number of benzene rings is 1. The maximum atomic E-state index is 12.8. The molecule has 152 valence electrons. The highest BCUT2D eigenvalue weighted by Crippen LogP contribution is 2.27. The van der Waals surface area contributed by atoms with Crippen molar-refractivity contribution in [2.45, 2.75) is 31.2 Å². The van der Waals surface area contributed by atoms with E-state index in [1.807, 2.05) is 39.0 Å². The zero-order valence-electron chi connectivity index (χ0n) is 17.0. The second kappa shape index (κ2) is 7.82. The summed E-state index contributed by atoms with van der Waals surface area (Å²) in [4.78, 5) is 46.5. The third-order valence-electron chi connectivity index (χ3n) is 4.34. The minimum Gasteiger partial charge on any atom is -0.325 e. The van der Waals surface area contributed by atoms with E-state index in [9.17, 15) is 14.4 Å². The molecule has 0 radical (unpaired) electrons. The van der Waals surface area contributed by atoms with Gasteiger partial charge in [0.25, 0.3) is 5.56 Å². The van der Waals surface area contributed by atoms with Crippen molar-refractivity contribution in [2.24, 2.45) is 14.1 Å². The highest BCUT2D eigenvalue weighted by Gasteiger charge is 2.24. The van der Waals surface area contributed by atoms with Gasteiger partial charge >= 0.3 is 5.69 Å². The summed E-state index contributed by atoms with van der Waals surface area (Å²) in [6.45, 7) is 5.84. The van der Waals surface area contributed by atoms with E-state index in [0.29, 0.717) is 16.5 Å². The Balaban J connectivity index is 2.04. The monoisotopic (exact) mass is 413 g/mol. The molecule has 2 aromatic heterocycles. The van der Waals surface area contributed by atoms with Crippen LogP contribution in [0.3, 0.4) is 0 Å². The number of aromatic nitrogens is 4. The fourth-order valence-electron chi connectivity index (χ4n) is 2.72. The summed E-state index contributed by atoms with van der Waals surface area (Å²) < 4.78 is 2.36. The van der Waals surface area contributed by atoms with Crippen LogP contribution < -0.4 is 16.6 Å². The lowest BCUT2D eigenvalue weighted by molar-refractivity contribution is -0.113. The van der Waals surface area contributed by atoms with Gasteiger partial charge in [0.2, 0.25) is 5.91 Å². The predicted molar refractivity (Wildman–Crippen MR) is 115 cm³/mol. The van der Waals surface area contributed by atoms with E-state index < -0.39 is 16.7 Å². The molecule has 8 nitrogen and oxygen atoms in total. The Hall–Kier alpha value is -2.94. The van der Waals surface area contributed by atoms with Crippen LogP contribution in [0.2, 0.25) is 0 Å². The lowest BCUT2D eigenvalue weighted by Crippen LogP contribution is -2.38. The molecule has 0 spiro atoms. The van der Waals surface area contributed by atoms with Crippen molar-refractivity contribution in [3.63, 3.8) is 0 Å². The Morgan fingerprint density at radius 1 is 1.07 bits per heavy atom. The third-order valence-corrected chi connectivity index (χ3v) is 5.31. The quantitative estimate of drug-likeness (QED) is 0.519. The first-order valence-corrected chi connectivity index (χ1v) is 10.0. The number of carbonyl (C=O) groups is 1. The van der Waals surface area contributed by atoms with E-state index in [4.69, 9.17) is 0 Å². The van der Waals surface area contributed by atoms with Gasteiger partial charge in [-0.1, -0.05) is 50.7 Å². The van der Waals surface area contributed by atoms with Gasteiger partial charge in [0.15, 0.2) is 5.65 Å². The Morgan fingerprint density at radius 2 is 1.72 bits per heavy atom. The average molecular weight is 414 g/mol. The third kappa shape index (κ3) is 4.24. The number of anilines is 1. The molecule has 3 rings (SSSR count).